The average Bonchev–Trinajstić information content (AvgIpc) is 3.65. The maximum Gasteiger partial charge on any atom is 0.343 e. The number of nitrogens with zero attached hydrogens (tertiary/aromatic N) is 2. The molecular formula is C32H31N3O5. The molecule has 2 bridgehead atoms. The lowest BCUT2D eigenvalue weighted by atomic mass is 9.88. The van der Waals surface area contributed by atoms with E-state index in [1.807, 2.05) is 53.1 Å². The lowest BCUT2D eigenvalue weighted by Crippen LogP contribution is -2.56. The van der Waals surface area contributed by atoms with Gasteiger partial charge in [0, 0.05) is 34.5 Å². The Kier molecular flexibility index (Phi) is 4.84. The van der Waals surface area contributed by atoms with Crippen molar-refractivity contribution in [1.82, 2.24) is 14.5 Å². The first kappa shape index (κ1) is 24.0. The van der Waals surface area contributed by atoms with Gasteiger partial charge in [0.2, 0.25) is 5.60 Å². The molecule has 3 atom stereocenters. The number of carbonyl (C=O) groups excluding carboxylic acids is 2. The van der Waals surface area contributed by atoms with Crippen molar-refractivity contribution < 1.29 is 24.2 Å². The predicted octanol–water partition coefficient (Wildman–Crippen LogP) is 5.61. The van der Waals surface area contributed by atoms with Gasteiger partial charge in [-0.2, -0.15) is 0 Å². The molecule has 8 heteroatoms. The number of aromatic nitrogens is 2. The van der Waals surface area contributed by atoms with Crippen LogP contribution >= 0.6 is 0 Å². The molecule has 3 aliphatic heterocycles. The summed E-state index contributed by atoms with van der Waals surface area (Å²) in [6.07, 6.45) is 3.28. The number of esters is 1. The van der Waals surface area contributed by atoms with Crippen molar-refractivity contribution in [3.8, 4) is 0 Å². The first-order chi connectivity index (χ1) is 19.4. The van der Waals surface area contributed by atoms with Crippen LogP contribution in [0.2, 0.25) is 0 Å². The zero-order valence-corrected chi connectivity index (χ0v) is 22.6. The molecule has 8 nitrogen and oxygen atoms in total. The summed E-state index contributed by atoms with van der Waals surface area (Å²) in [7, 11) is 0. The van der Waals surface area contributed by atoms with Crippen molar-refractivity contribution in [3.63, 3.8) is 0 Å². The number of unbranched alkanes of at least 4 members (excludes halogenated alkanes) is 3. The van der Waals surface area contributed by atoms with E-state index in [1.54, 1.807) is 6.92 Å². The highest BCUT2D eigenvalue weighted by Crippen LogP contribution is 2.57. The molecule has 1 unspecified atom stereocenters. The summed E-state index contributed by atoms with van der Waals surface area (Å²) < 4.78 is 16.7. The summed E-state index contributed by atoms with van der Waals surface area (Å²) >= 11 is 0. The van der Waals surface area contributed by atoms with Crippen LogP contribution in [0.3, 0.4) is 0 Å². The number of rotatable bonds is 6. The molecule has 0 aliphatic carbocycles. The zero-order chi connectivity index (χ0) is 27.4. The van der Waals surface area contributed by atoms with Crippen LogP contribution in [0.5, 0.6) is 0 Å². The SMILES string of the molecule is CCCCCCOC(=O)[C@@]1(O)CC2O[C@@]1(C)n1c3ccccc3c3c4c(c5c6ccccc6n2c5c31)C(=O)NC4. The molecule has 3 aliphatic rings. The van der Waals surface area contributed by atoms with Crippen molar-refractivity contribution in [2.75, 3.05) is 6.61 Å². The number of para-hydroxylation sites is 2. The summed E-state index contributed by atoms with van der Waals surface area (Å²) in [5.41, 5.74) is 1.75. The van der Waals surface area contributed by atoms with Gasteiger partial charge in [0.1, 0.15) is 6.23 Å². The molecule has 5 heterocycles. The second-order valence-corrected chi connectivity index (χ2v) is 11.5. The van der Waals surface area contributed by atoms with E-state index in [4.69, 9.17) is 9.47 Å². The Labute approximate surface area is 230 Å². The third-order valence-electron chi connectivity index (χ3n) is 9.40. The summed E-state index contributed by atoms with van der Waals surface area (Å²) in [6, 6.07) is 16.0. The van der Waals surface area contributed by atoms with Crippen molar-refractivity contribution in [2.24, 2.45) is 0 Å². The van der Waals surface area contributed by atoms with Gasteiger partial charge in [-0.3, -0.25) is 4.79 Å². The largest absolute Gasteiger partial charge is 0.463 e. The first-order valence-electron chi connectivity index (χ1n) is 14.3. The Bertz CT molecular complexity index is 1920. The second kappa shape index (κ2) is 8.08. The number of nitrogens with one attached hydrogen (secondary N) is 1. The predicted molar refractivity (Wildman–Crippen MR) is 152 cm³/mol. The molecule has 204 valence electrons. The molecule has 2 N–H and O–H groups in total. The summed E-state index contributed by atoms with van der Waals surface area (Å²) in [4.78, 5) is 27.1. The average molecular weight is 538 g/mol. The quantitative estimate of drug-likeness (QED) is 0.217. The number of ether oxygens (including phenoxy) is 2. The highest BCUT2D eigenvalue weighted by atomic mass is 16.6. The second-order valence-electron chi connectivity index (χ2n) is 11.5. The van der Waals surface area contributed by atoms with Crippen molar-refractivity contribution >= 4 is 55.5 Å². The van der Waals surface area contributed by atoms with E-state index in [9.17, 15) is 14.7 Å². The van der Waals surface area contributed by atoms with E-state index in [0.717, 1.165) is 74.9 Å². The third-order valence-corrected chi connectivity index (χ3v) is 9.40. The molecule has 1 fully saturated rings. The number of fused-ring (bicyclic) bond motifs is 13. The number of hydrogen-bond donors (Lipinski definition) is 2. The van der Waals surface area contributed by atoms with Gasteiger partial charge in [-0.25, -0.2) is 4.79 Å². The maximum atomic E-state index is 13.8. The maximum absolute atomic E-state index is 13.8. The minimum absolute atomic E-state index is 0.0296. The molecular weight excluding hydrogens is 506 g/mol. The number of aliphatic hydroxyl groups is 1. The molecule has 8 rings (SSSR count). The minimum atomic E-state index is -1.93. The number of benzene rings is 3. The van der Waals surface area contributed by atoms with Gasteiger partial charge in [0.15, 0.2) is 5.72 Å². The number of amides is 1. The summed E-state index contributed by atoms with van der Waals surface area (Å²) in [6.45, 7) is 4.61. The highest BCUT2D eigenvalue weighted by Gasteiger charge is 2.66. The number of carbonyl (C=O) groups is 2. The Morgan fingerprint density at radius 1 is 1.05 bits per heavy atom. The van der Waals surface area contributed by atoms with E-state index in [2.05, 4.69) is 16.8 Å². The Hall–Kier alpha value is -3.88. The molecule has 0 saturated carbocycles. The normalized spacial score (nSPS) is 24.9. The van der Waals surface area contributed by atoms with Crippen LogP contribution in [0.1, 0.15) is 68.1 Å². The van der Waals surface area contributed by atoms with Gasteiger partial charge in [-0.1, -0.05) is 62.6 Å². The topological polar surface area (TPSA) is 94.7 Å². The standard InChI is InChI=1S/C32H31N3O5/c1-3-4-5-10-15-39-30(37)32(38)16-23-34-21-13-8-6-11-18(21)25-26-20(17-33-29(26)36)24-19-12-7-9-14-22(19)35(28(24)27(25)34)31(32,2)40-23/h6-9,11-14,23,38H,3-5,10,15-17H2,1-2H3,(H,33,36)/t23?,31-,32+/m1/s1. The van der Waals surface area contributed by atoms with Gasteiger partial charge < -0.3 is 29.0 Å². The molecule has 0 spiro atoms. The van der Waals surface area contributed by atoms with Gasteiger partial charge >= 0.3 is 5.97 Å². The third kappa shape index (κ3) is 2.73. The van der Waals surface area contributed by atoms with Crippen LogP contribution < -0.4 is 5.32 Å². The number of hydrogen-bond acceptors (Lipinski definition) is 5. The molecule has 40 heavy (non-hydrogen) atoms. The van der Waals surface area contributed by atoms with E-state index in [-0.39, 0.29) is 18.9 Å². The summed E-state index contributed by atoms with van der Waals surface area (Å²) in [5, 5.41) is 19.2. The Morgan fingerprint density at radius 2 is 1.77 bits per heavy atom. The van der Waals surface area contributed by atoms with Crippen LogP contribution in [-0.2, 0) is 26.5 Å². The van der Waals surface area contributed by atoms with E-state index >= 15 is 0 Å². The lowest BCUT2D eigenvalue weighted by molar-refractivity contribution is -0.204. The Balaban J connectivity index is 1.47. The van der Waals surface area contributed by atoms with Crippen LogP contribution in [0.4, 0.5) is 0 Å². The smallest absolute Gasteiger partial charge is 0.343 e. The first-order valence-corrected chi connectivity index (χ1v) is 14.3. The Morgan fingerprint density at radius 3 is 2.55 bits per heavy atom. The summed E-state index contributed by atoms with van der Waals surface area (Å²) in [5.74, 6) is -0.740. The van der Waals surface area contributed by atoms with E-state index in [0.29, 0.717) is 12.1 Å². The molecule has 0 radical (unpaired) electrons. The van der Waals surface area contributed by atoms with E-state index < -0.39 is 23.5 Å². The van der Waals surface area contributed by atoms with Gasteiger partial charge in [0.05, 0.1) is 34.2 Å². The van der Waals surface area contributed by atoms with Crippen molar-refractivity contribution in [3.05, 3.63) is 59.7 Å². The minimum Gasteiger partial charge on any atom is -0.463 e. The van der Waals surface area contributed by atoms with E-state index in [1.165, 1.54) is 0 Å². The molecule has 1 saturated heterocycles. The monoisotopic (exact) mass is 537 g/mol. The molecule has 5 aromatic rings. The molecule has 1 amide bonds. The zero-order valence-electron chi connectivity index (χ0n) is 22.6. The lowest BCUT2D eigenvalue weighted by Gasteiger charge is -2.37. The van der Waals surface area contributed by atoms with Crippen LogP contribution in [0, 0.1) is 0 Å². The highest BCUT2D eigenvalue weighted by molar-refractivity contribution is 6.31. The fourth-order valence-corrected chi connectivity index (χ4v) is 7.53. The van der Waals surface area contributed by atoms with Crippen LogP contribution in [-0.4, -0.2) is 38.3 Å². The van der Waals surface area contributed by atoms with Crippen molar-refractivity contribution in [2.45, 2.75) is 70.1 Å². The van der Waals surface area contributed by atoms with Crippen molar-refractivity contribution in [1.29, 1.82) is 0 Å². The molecule has 2 aromatic heterocycles. The van der Waals surface area contributed by atoms with Gasteiger partial charge in [0.25, 0.3) is 5.91 Å². The fourth-order valence-electron chi connectivity index (χ4n) is 7.53. The molecule has 3 aromatic carbocycles. The van der Waals surface area contributed by atoms with Gasteiger partial charge in [-0.15, -0.1) is 0 Å². The van der Waals surface area contributed by atoms with Gasteiger partial charge in [-0.05, 0) is 31.0 Å². The van der Waals surface area contributed by atoms with Crippen LogP contribution in [0.15, 0.2) is 48.5 Å². The van der Waals surface area contributed by atoms with Crippen LogP contribution in [0.25, 0.3) is 43.6 Å². The fraction of sp³-hybridized carbons (Fsp3) is 0.375.